The molecule has 154 valence electrons. The molecule has 0 aliphatic heterocycles. The highest BCUT2D eigenvalue weighted by Crippen LogP contribution is 2.24. The Morgan fingerprint density at radius 3 is 2.61 bits per heavy atom. The van der Waals surface area contributed by atoms with Gasteiger partial charge in [-0.3, -0.25) is 0 Å². The average Bonchev–Trinajstić information content (AvgIpc) is 2.75. The maximum absolute atomic E-state index is 9.64. The normalized spacial score (nSPS) is 11.7. The van der Waals surface area contributed by atoms with E-state index in [0.717, 1.165) is 37.9 Å². The van der Waals surface area contributed by atoms with E-state index in [-0.39, 0.29) is 12.6 Å². The van der Waals surface area contributed by atoms with E-state index in [2.05, 4.69) is 39.7 Å². The fourth-order valence-electron chi connectivity index (χ4n) is 2.80. The Kier molecular flexibility index (Phi) is 9.34. The quantitative estimate of drug-likeness (QED) is 0.453. The van der Waals surface area contributed by atoms with Gasteiger partial charge in [0.15, 0.2) is 11.6 Å². The monoisotopic (exact) mass is 388 g/mol. The summed E-state index contributed by atoms with van der Waals surface area (Å²) >= 11 is 0. The van der Waals surface area contributed by atoms with Crippen LogP contribution in [0.25, 0.3) is 0 Å². The third-order valence-electron chi connectivity index (χ3n) is 4.47. The van der Waals surface area contributed by atoms with Gasteiger partial charge in [0.25, 0.3) is 0 Å². The number of rotatable bonds is 13. The van der Waals surface area contributed by atoms with Gasteiger partial charge in [-0.2, -0.15) is 4.98 Å². The Bertz CT molecular complexity index is 695. The average molecular weight is 389 g/mol. The summed E-state index contributed by atoms with van der Waals surface area (Å²) in [5, 5.41) is 15.9. The number of hydrogen-bond donors (Lipinski definition) is 3. The molecule has 3 N–H and O–H groups in total. The standard InChI is InChI=1S/C21H32N4O3/c1-4-5-8-17(15-26)24-20-19(14-23-21(22-2)25-20)28-13-6-7-16-9-11-18(27-3)12-10-16/h9-12,14,17,26H,4-8,13,15H2,1-3H3,(H2,22,23,24,25). The Morgan fingerprint density at radius 2 is 1.96 bits per heavy atom. The number of aryl methyl sites for hydroxylation is 1. The number of benzene rings is 1. The number of nitrogens with one attached hydrogen (secondary N) is 2. The predicted molar refractivity (Wildman–Crippen MR) is 112 cm³/mol. The molecule has 0 amide bonds. The van der Waals surface area contributed by atoms with Crippen LogP contribution in [0, 0.1) is 0 Å². The third-order valence-corrected chi connectivity index (χ3v) is 4.47. The Balaban J connectivity index is 1.93. The summed E-state index contributed by atoms with van der Waals surface area (Å²) in [6, 6.07) is 8.01. The van der Waals surface area contributed by atoms with Gasteiger partial charge in [0.1, 0.15) is 5.75 Å². The second-order valence-electron chi connectivity index (χ2n) is 6.62. The molecule has 1 atom stereocenters. The van der Waals surface area contributed by atoms with Crippen molar-refractivity contribution in [1.29, 1.82) is 0 Å². The van der Waals surface area contributed by atoms with Gasteiger partial charge in [0, 0.05) is 7.05 Å². The van der Waals surface area contributed by atoms with Crippen LogP contribution in [0.15, 0.2) is 30.5 Å². The van der Waals surface area contributed by atoms with Gasteiger partial charge in [-0.25, -0.2) is 4.98 Å². The number of aliphatic hydroxyl groups excluding tert-OH is 1. The minimum Gasteiger partial charge on any atom is -0.497 e. The van der Waals surface area contributed by atoms with Gasteiger partial charge in [0.2, 0.25) is 5.95 Å². The summed E-state index contributed by atoms with van der Waals surface area (Å²) in [4.78, 5) is 8.71. The fraction of sp³-hybridized carbons (Fsp3) is 0.524. The molecule has 1 aromatic carbocycles. The Morgan fingerprint density at radius 1 is 1.18 bits per heavy atom. The zero-order valence-corrected chi connectivity index (χ0v) is 17.1. The first-order chi connectivity index (χ1) is 13.7. The van der Waals surface area contributed by atoms with Gasteiger partial charge < -0.3 is 25.2 Å². The van der Waals surface area contributed by atoms with Crippen molar-refractivity contribution in [2.45, 2.75) is 45.1 Å². The number of ether oxygens (including phenoxy) is 2. The fourth-order valence-corrected chi connectivity index (χ4v) is 2.80. The van der Waals surface area contributed by atoms with Crippen molar-refractivity contribution in [2.75, 3.05) is 38.0 Å². The maximum atomic E-state index is 9.64. The largest absolute Gasteiger partial charge is 0.497 e. The number of unbranched alkanes of at least 4 members (excludes halogenated alkanes) is 1. The second kappa shape index (κ2) is 12.0. The van der Waals surface area contributed by atoms with Crippen molar-refractivity contribution < 1.29 is 14.6 Å². The Hall–Kier alpha value is -2.54. The first-order valence-corrected chi connectivity index (χ1v) is 9.88. The summed E-state index contributed by atoms with van der Waals surface area (Å²) in [5.41, 5.74) is 1.24. The van der Waals surface area contributed by atoms with Crippen LogP contribution in [0.4, 0.5) is 11.8 Å². The van der Waals surface area contributed by atoms with Crippen molar-refractivity contribution in [1.82, 2.24) is 9.97 Å². The lowest BCUT2D eigenvalue weighted by Gasteiger charge is -2.19. The number of nitrogens with zero attached hydrogens (tertiary/aromatic N) is 2. The maximum Gasteiger partial charge on any atom is 0.224 e. The number of aromatic nitrogens is 2. The van der Waals surface area contributed by atoms with E-state index in [9.17, 15) is 5.11 Å². The molecule has 0 fully saturated rings. The zero-order chi connectivity index (χ0) is 20.2. The zero-order valence-electron chi connectivity index (χ0n) is 17.1. The van der Waals surface area contributed by atoms with E-state index < -0.39 is 0 Å². The summed E-state index contributed by atoms with van der Waals surface area (Å²) in [7, 11) is 3.44. The van der Waals surface area contributed by atoms with Crippen LogP contribution < -0.4 is 20.1 Å². The van der Waals surface area contributed by atoms with Gasteiger partial charge in [0.05, 0.1) is 32.6 Å². The molecular formula is C21H32N4O3. The highest BCUT2D eigenvalue weighted by atomic mass is 16.5. The first-order valence-electron chi connectivity index (χ1n) is 9.88. The highest BCUT2D eigenvalue weighted by Gasteiger charge is 2.13. The van der Waals surface area contributed by atoms with E-state index in [4.69, 9.17) is 9.47 Å². The summed E-state index contributed by atoms with van der Waals surface area (Å²) < 4.78 is 11.1. The molecular weight excluding hydrogens is 356 g/mol. The molecule has 1 aromatic heterocycles. The molecule has 0 aliphatic carbocycles. The van der Waals surface area contributed by atoms with Gasteiger partial charge in [-0.15, -0.1) is 0 Å². The lowest BCUT2D eigenvalue weighted by atomic mass is 10.1. The van der Waals surface area contributed by atoms with Crippen molar-refractivity contribution in [3.8, 4) is 11.5 Å². The number of hydrogen-bond acceptors (Lipinski definition) is 7. The number of methoxy groups -OCH3 is 1. The predicted octanol–water partition coefficient (Wildman–Crippen LogP) is 3.50. The van der Waals surface area contributed by atoms with Crippen LogP contribution in [-0.4, -0.2) is 48.5 Å². The van der Waals surface area contributed by atoms with Crippen molar-refractivity contribution >= 4 is 11.8 Å². The highest BCUT2D eigenvalue weighted by molar-refractivity contribution is 5.52. The van der Waals surface area contributed by atoms with E-state index in [1.165, 1.54) is 5.56 Å². The topological polar surface area (TPSA) is 88.5 Å². The van der Waals surface area contributed by atoms with Crippen LogP contribution in [0.2, 0.25) is 0 Å². The van der Waals surface area contributed by atoms with Crippen molar-refractivity contribution in [3.63, 3.8) is 0 Å². The molecule has 28 heavy (non-hydrogen) atoms. The minimum atomic E-state index is -0.0544. The second-order valence-corrected chi connectivity index (χ2v) is 6.62. The molecule has 7 nitrogen and oxygen atoms in total. The molecule has 0 bridgehead atoms. The Labute approximate surface area is 167 Å². The van der Waals surface area contributed by atoms with Gasteiger partial charge >= 0.3 is 0 Å². The molecule has 0 saturated carbocycles. The van der Waals surface area contributed by atoms with Crippen LogP contribution in [-0.2, 0) is 6.42 Å². The third kappa shape index (κ3) is 6.88. The molecule has 1 unspecified atom stereocenters. The lowest BCUT2D eigenvalue weighted by Crippen LogP contribution is -2.25. The summed E-state index contributed by atoms with van der Waals surface area (Å²) in [6.07, 6.45) is 6.46. The first kappa shape index (κ1) is 21.8. The summed E-state index contributed by atoms with van der Waals surface area (Å²) in [5.74, 6) is 2.59. The van der Waals surface area contributed by atoms with Crippen LogP contribution in [0.1, 0.15) is 38.2 Å². The van der Waals surface area contributed by atoms with Crippen molar-refractivity contribution in [2.24, 2.45) is 0 Å². The summed E-state index contributed by atoms with van der Waals surface area (Å²) in [6.45, 7) is 2.74. The SMILES string of the molecule is CCCCC(CO)Nc1nc(NC)ncc1OCCCc1ccc(OC)cc1. The van der Waals surface area contributed by atoms with Crippen LogP contribution in [0.5, 0.6) is 11.5 Å². The van der Waals surface area contributed by atoms with Crippen LogP contribution >= 0.6 is 0 Å². The molecule has 7 heteroatoms. The minimum absolute atomic E-state index is 0.0514. The molecule has 0 aliphatic rings. The van der Waals surface area contributed by atoms with Crippen LogP contribution in [0.3, 0.4) is 0 Å². The van der Waals surface area contributed by atoms with Gasteiger partial charge in [-0.05, 0) is 37.0 Å². The molecule has 0 spiro atoms. The molecule has 0 saturated heterocycles. The molecule has 1 heterocycles. The number of aliphatic hydroxyl groups is 1. The van der Waals surface area contributed by atoms with E-state index in [0.29, 0.717) is 24.1 Å². The molecule has 2 rings (SSSR count). The van der Waals surface area contributed by atoms with E-state index >= 15 is 0 Å². The van der Waals surface area contributed by atoms with Crippen molar-refractivity contribution in [3.05, 3.63) is 36.0 Å². The smallest absolute Gasteiger partial charge is 0.224 e. The van der Waals surface area contributed by atoms with Gasteiger partial charge in [-0.1, -0.05) is 31.9 Å². The lowest BCUT2D eigenvalue weighted by molar-refractivity contribution is 0.265. The van der Waals surface area contributed by atoms with E-state index in [1.54, 1.807) is 20.4 Å². The molecule has 0 radical (unpaired) electrons. The molecule has 2 aromatic rings. The van der Waals surface area contributed by atoms with E-state index in [1.807, 2.05) is 12.1 Å². The number of anilines is 2.